The molecule has 0 aromatic carbocycles. The first-order chi connectivity index (χ1) is 9.50. The van der Waals surface area contributed by atoms with Gasteiger partial charge in [-0.05, 0) is 26.7 Å². The molecule has 1 aliphatic carbocycles. The number of hydrogen-bond donors (Lipinski definition) is 2. The number of carbonyl (C=O) groups excluding carboxylic acids is 1. The number of nitrogens with zero attached hydrogens (tertiary/aromatic N) is 1. The van der Waals surface area contributed by atoms with Gasteiger partial charge in [0.25, 0.3) is 0 Å². The van der Waals surface area contributed by atoms with E-state index in [2.05, 4.69) is 10.5 Å². The highest BCUT2D eigenvalue weighted by Gasteiger charge is 2.28. The number of hydrogen-bond acceptors (Lipinski definition) is 4. The van der Waals surface area contributed by atoms with Gasteiger partial charge in [0.1, 0.15) is 5.56 Å². The van der Waals surface area contributed by atoms with Crippen LogP contribution in [0.3, 0.4) is 0 Å². The van der Waals surface area contributed by atoms with Crippen molar-refractivity contribution in [2.24, 2.45) is 5.92 Å². The Bertz CT molecular complexity index is 503. The molecule has 1 aliphatic rings. The number of carbonyl (C=O) groups is 2. The Morgan fingerprint density at radius 1 is 1.35 bits per heavy atom. The quantitative estimate of drug-likeness (QED) is 0.883. The normalized spacial score (nSPS) is 17.7. The molecule has 1 atom stereocenters. The Balaban J connectivity index is 2.06. The number of amides is 1. The predicted octanol–water partition coefficient (Wildman–Crippen LogP) is 2.44. The number of aromatic carboxylic acids is 1. The topological polar surface area (TPSA) is 92.4 Å². The molecule has 1 aromatic rings. The van der Waals surface area contributed by atoms with Crippen LogP contribution < -0.4 is 5.32 Å². The van der Waals surface area contributed by atoms with Gasteiger partial charge in [-0.25, -0.2) is 4.79 Å². The number of nitrogens with one attached hydrogen (secondary N) is 1. The summed E-state index contributed by atoms with van der Waals surface area (Å²) in [6.45, 7) is 3.29. The zero-order valence-electron chi connectivity index (χ0n) is 11.8. The zero-order chi connectivity index (χ0) is 14.7. The van der Waals surface area contributed by atoms with E-state index in [1.165, 1.54) is 6.42 Å². The Labute approximate surface area is 117 Å². The molecule has 0 unspecified atom stereocenters. The molecule has 6 nitrogen and oxygen atoms in total. The highest BCUT2D eigenvalue weighted by molar-refractivity contribution is 5.90. The van der Waals surface area contributed by atoms with Gasteiger partial charge < -0.3 is 14.9 Å². The highest BCUT2D eigenvalue weighted by atomic mass is 16.5. The molecular weight excluding hydrogens is 260 g/mol. The van der Waals surface area contributed by atoms with Crippen molar-refractivity contribution in [3.05, 3.63) is 17.0 Å². The van der Waals surface area contributed by atoms with E-state index in [-0.39, 0.29) is 23.1 Å². The minimum absolute atomic E-state index is 0.0254. The molecule has 1 amide bonds. The van der Waals surface area contributed by atoms with E-state index >= 15 is 0 Å². The lowest BCUT2D eigenvalue weighted by Gasteiger charge is -2.22. The van der Waals surface area contributed by atoms with Gasteiger partial charge in [-0.2, -0.15) is 0 Å². The van der Waals surface area contributed by atoms with Crippen LogP contribution in [0, 0.1) is 12.8 Å². The van der Waals surface area contributed by atoms with Gasteiger partial charge in [0.15, 0.2) is 5.76 Å². The zero-order valence-corrected chi connectivity index (χ0v) is 11.8. The Morgan fingerprint density at radius 2 is 2.00 bits per heavy atom. The monoisotopic (exact) mass is 280 g/mol. The average molecular weight is 280 g/mol. The van der Waals surface area contributed by atoms with E-state index in [1.54, 1.807) is 13.8 Å². The summed E-state index contributed by atoms with van der Waals surface area (Å²) in [5, 5.41) is 15.7. The molecule has 1 fully saturated rings. The second-order valence-electron chi connectivity index (χ2n) is 5.38. The minimum Gasteiger partial charge on any atom is -0.477 e. The molecule has 0 spiro atoms. The number of aryl methyl sites for hydroxylation is 1. The van der Waals surface area contributed by atoms with Crippen molar-refractivity contribution in [3.63, 3.8) is 0 Å². The maximum Gasteiger partial charge on any atom is 0.341 e. The molecule has 110 valence electrons. The van der Waals surface area contributed by atoms with E-state index in [1.807, 2.05) is 0 Å². The lowest BCUT2D eigenvalue weighted by Crippen LogP contribution is -2.34. The smallest absolute Gasteiger partial charge is 0.341 e. The Morgan fingerprint density at radius 3 is 2.60 bits per heavy atom. The first-order valence-electron chi connectivity index (χ1n) is 7.00. The van der Waals surface area contributed by atoms with Crippen LogP contribution in [0.25, 0.3) is 0 Å². The van der Waals surface area contributed by atoms with Crippen molar-refractivity contribution in [3.8, 4) is 0 Å². The first-order valence-corrected chi connectivity index (χ1v) is 7.00. The Kier molecular flexibility index (Phi) is 4.42. The van der Waals surface area contributed by atoms with Crippen LogP contribution in [-0.4, -0.2) is 22.1 Å². The van der Waals surface area contributed by atoms with Crippen molar-refractivity contribution in [2.75, 3.05) is 0 Å². The van der Waals surface area contributed by atoms with E-state index in [0.29, 0.717) is 5.69 Å². The number of aromatic nitrogens is 1. The van der Waals surface area contributed by atoms with Gasteiger partial charge in [-0.15, -0.1) is 0 Å². The van der Waals surface area contributed by atoms with Crippen LogP contribution in [0.5, 0.6) is 0 Å². The van der Waals surface area contributed by atoms with E-state index < -0.39 is 12.0 Å². The summed E-state index contributed by atoms with van der Waals surface area (Å²) in [5.41, 5.74) is 0.368. The van der Waals surface area contributed by atoms with Crippen LogP contribution >= 0.6 is 0 Å². The third-order valence-electron chi connectivity index (χ3n) is 3.83. The number of rotatable bonds is 4. The predicted molar refractivity (Wildman–Crippen MR) is 71.3 cm³/mol. The van der Waals surface area contributed by atoms with Crippen LogP contribution in [0.4, 0.5) is 0 Å². The molecule has 0 bridgehead atoms. The second-order valence-corrected chi connectivity index (χ2v) is 5.38. The van der Waals surface area contributed by atoms with Crippen molar-refractivity contribution >= 4 is 11.9 Å². The van der Waals surface area contributed by atoms with Gasteiger partial charge in [0.2, 0.25) is 5.91 Å². The highest BCUT2D eigenvalue weighted by Crippen LogP contribution is 2.26. The summed E-state index contributed by atoms with van der Waals surface area (Å²) in [6.07, 6.45) is 5.14. The largest absolute Gasteiger partial charge is 0.477 e. The fourth-order valence-electron chi connectivity index (χ4n) is 2.70. The van der Waals surface area contributed by atoms with Crippen molar-refractivity contribution in [1.82, 2.24) is 10.5 Å². The van der Waals surface area contributed by atoms with Crippen molar-refractivity contribution < 1.29 is 19.2 Å². The lowest BCUT2D eigenvalue weighted by molar-refractivity contribution is -0.126. The molecule has 2 rings (SSSR count). The summed E-state index contributed by atoms with van der Waals surface area (Å²) in [4.78, 5) is 23.3. The van der Waals surface area contributed by atoms with Crippen LogP contribution in [-0.2, 0) is 4.79 Å². The molecule has 6 heteroatoms. The van der Waals surface area contributed by atoms with E-state index in [4.69, 9.17) is 9.63 Å². The molecular formula is C14H20N2O4. The molecule has 1 saturated carbocycles. The Hall–Kier alpha value is -1.85. The SMILES string of the molecule is Cc1noc([C@@H](C)NC(=O)C2CCCCC2)c1C(=O)O. The molecule has 20 heavy (non-hydrogen) atoms. The second kappa shape index (κ2) is 6.07. The van der Waals surface area contributed by atoms with Crippen molar-refractivity contribution in [2.45, 2.75) is 52.0 Å². The van der Waals surface area contributed by atoms with Gasteiger partial charge >= 0.3 is 5.97 Å². The van der Waals surface area contributed by atoms with Gasteiger partial charge in [-0.1, -0.05) is 24.4 Å². The molecule has 1 aromatic heterocycles. The maximum atomic E-state index is 12.1. The van der Waals surface area contributed by atoms with Gasteiger partial charge in [-0.3, -0.25) is 4.79 Å². The standard InChI is InChI=1S/C14H20N2O4/c1-8-11(14(18)19)12(20-16-8)9(2)15-13(17)10-6-4-3-5-7-10/h9-10H,3-7H2,1-2H3,(H,15,17)(H,18,19)/t9-/m1/s1. The summed E-state index contributed by atoms with van der Waals surface area (Å²) in [5.74, 6) is -0.872. The van der Waals surface area contributed by atoms with Gasteiger partial charge in [0, 0.05) is 5.92 Å². The number of carboxylic acids is 1. The van der Waals surface area contributed by atoms with E-state index in [9.17, 15) is 9.59 Å². The van der Waals surface area contributed by atoms with Crippen LogP contribution in [0.15, 0.2) is 4.52 Å². The molecule has 2 N–H and O–H groups in total. The summed E-state index contributed by atoms with van der Waals surface area (Å²) in [7, 11) is 0. The first kappa shape index (κ1) is 14.6. The molecule has 0 radical (unpaired) electrons. The molecule has 0 aliphatic heterocycles. The lowest BCUT2D eigenvalue weighted by atomic mass is 9.88. The van der Waals surface area contributed by atoms with Gasteiger partial charge in [0.05, 0.1) is 11.7 Å². The van der Waals surface area contributed by atoms with Crippen LogP contribution in [0.2, 0.25) is 0 Å². The third-order valence-corrected chi connectivity index (χ3v) is 3.83. The van der Waals surface area contributed by atoms with Crippen LogP contribution in [0.1, 0.15) is 66.9 Å². The van der Waals surface area contributed by atoms with Crippen molar-refractivity contribution in [1.29, 1.82) is 0 Å². The fraction of sp³-hybridized carbons (Fsp3) is 0.643. The van der Waals surface area contributed by atoms with E-state index in [0.717, 1.165) is 25.7 Å². The third kappa shape index (κ3) is 3.00. The maximum absolute atomic E-state index is 12.1. The number of carboxylic acid groups (broad SMARTS) is 1. The molecule has 0 saturated heterocycles. The average Bonchev–Trinajstić information content (AvgIpc) is 2.81. The minimum atomic E-state index is -1.09. The summed E-state index contributed by atoms with van der Waals surface area (Å²) >= 11 is 0. The summed E-state index contributed by atoms with van der Waals surface area (Å²) < 4.78 is 5.06. The summed E-state index contributed by atoms with van der Waals surface area (Å²) in [6, 6.07) is -0.489. The fourth-order valence-corrected chi connectivity index (χ4v) is 2.70. The molecule has 1 heterocycles.